The summed E-state index contributed by atoms with van der Waals surface area (Å²) in [5.74, 6) is 0.794. The first kappa shape index (κ1) is 15.3. The molecule has 1 heterocycles. The zero-order valence-electron chi connectivity index (χ0n) is 11.9. The molecule has 18 heavy (non-hydrogen) atoms. The lowest BCUT2D eigenvalue weighted by molar-refractivity contribution is -0.123. The van der Waals surface area contributed by atoms with Crippen molar-refractivity contribution in [3.05, 3.63) is 0 Å². The predicted molar refractivity (Wildman–Crippen MR) is 72.6 cm³/mol. The predicted octanol–water partition coefficient (Wildman–Crippen LogP) is 1.20. The van der Waals surface area contributed by atoms with Crippen molar-refractivity contribution in [2.75, 3.05) is 39.3 Å². The Labute approximate surface area is 110 Å². The highest BCUT2D eigenvalue weighted by Crippen LogP contribution is 2.05. The lowest BCUT2D eigenvalue weighted by atomic mass is 10.1. The van der Waals surface area contributed by atoms with Crippen LogP contribution in [0.25, 0.3) is 0 Å². The van der Waals surface area contributed by atoms with Crippen LogP contribution < -0.4 is 0 Å². The van der Waals surface area contributed by atoms with Gasteiger partial charge in [-0.25, -0.2) is 0 Å². The quantitative estimate of drug-likeness (QED) is 0.684. The molecule has 0 bridgehead atoms. The third-order valence-electron chi connectivity index (χ3n) is 3.59. The number of carbonyl (C=O) groups excluding carboxylic acids is 2. The molecule has 4 heteroatoms. The van der Waals surface area contributed by atoms with Crippen LogP contribution in [0.15, 0.2) is 0 Å². The molecule has 104 valence electrons. The summed E-state index contributed by atoms with van der Waals surface area (Å²) >= 11 is 0. The third-order valence-corrected chi connectivity index (χ3v) is 3.59. The highest BCUT2D eigenvalue weighted by molar-refractivity contribution is 5.82. The summed E-state index contributed by atoms with van der Waals surface area (Å²) in [7, 11) is 0. The molecule has 0 aromatic rings. The van der Waals surface area contributed by atoms with Crippen LogP contribution in [-0.2, 0) is 9.59 Å². The van der Waals surface area contributed by atoms with E-state index in [2.05, 4.69) is 9.80 Å². The molecule has 4 nitrogen and oxygen atoms in total. The van der Waals surface area contributed by atoms with Gasteiger partial charge >= 0.3 is 0 Å². The summed E-state index contributed by atoms with van der Waals surface area (Å²) in [4.78, 5) is 27.5. The van der Waals surface area contributed by atoms with Crippen molar-refractivity contribution < 1.29 is 9.59 Å². The molecule has 1 fully saturated rings. The van der Waals surface area contributed by atoms with E-state index in [1.807, 2.05) is 20.8 Å². The first-order valence-corrected chi connectivity index (χ1v) is 7.02. The van der Waals surface area contributed by atoms with Crippen LogP contribution >= 0.6 is 0 Å². The van der Waals surface area contributed by atoms with E-state index in [1.165, 1.54) is 0 Å². The number of carbonyl (C=O) groups is 2. The first-order valence-electron chi connectivity index (χ1n) is 7.02. The van der Waals surface area contributed by atoms with Gasteiger partial charge in [-0.05, 0) is 0 Å². The van der Waals surface area contributed by atoms with Crippen molar-refractivity contribution in [3.63, 3.8) is 0 Å². The van der Waals surface area contributed by atoms with Gasteiger partial charge in [0, 0.05) is 51.5 Å². The molecule has 0 amide bonds. The van der Waals surface area contributed by atoms with Crippen LogP contribution in [0.1, 0.15) is 33.6 Å². The van der Waals surface area contributed by atoms with E-state index >= 15 is 0 Å². The van der Waals surface area contributed by atoms with Crippen LogP contribution in [0.3, 0.4) is 0 Å². The standard InChI is InChI=1S/C14H26N2O2/c1-4-13(17)5-6-15-7-9-16(10-8-15)11-14(18)12(2)3/h12H,4-11H2,1-3H3. The summed E-state index contributed by atoms with van der Waals surface area (Å²) in [6, 6.07) is 0. The van der Waals surface area contributed by atoms with E-state index in [0.29, 0.717) is 31.0 Å². The maximum Gasteiger partial charge on any atom is 0.149 e. The van der Waals surface area contributed by atoms with Crippen molar-refractivity contribution in [2.24, 2.45) is 5.92 Å². The highest BCUT2D eigenvalue weighted by Gasteiger charge is 2.19. The summed E-state index contributed by atoms with van der Waals surface area (Å²) in [5.41, 5.74) is 0. The molecule has 0 aromatic carbocycles. The van der Waals surface area contributed by atoms with Gasteiger partial charge in [0.25, 0.3) is 0 Å². The minimum Gasteiger partial charge on any atom is -0.300 e. The van der Waals surface area contributed by atoms with Crippen LogP contribution in [0.2, 0.25) is 0 Å². The zero-order chi connectivity index (χ0) is 13.5. The second kappa shape index (κ2) is 7.64. The third kappa shape index (κ3) is 5.27. The van der Waals surface area contributed by atoms with E-state index in [9.17, 15) is 9.59 Å². The second-order valence-electron chi connectivity index (χ2n) is 5.38. The van der Waals surface area contributed by atoms with Gasteiger partial charge < -0.3 is 4.90 Å². The Balaban J connectivity index is 2.20. The SMILES string of the molecule is CCC(=O)CCN1CCN(CC(=O)C(C)C)CC1. The first-order chi connectivity index (χ1) is 8.52. The van der Waals surface area contributed by atoms with E-state index in [-0.39, 0.29) is 5.92 Å². The smallest absolute Gasteiger partial charge is 0.149 e. The van der Waals surface area contributed by atoms with Crippen LogP contribution in [0.5, 0.6) is 0 Å². The minimum atomic E-state index is 0.130. The molecule has 0 spiro atoms. The van der Waals surface area contributed by atoms with Gasteiger partial charge in [-0.15, -0.1) is 0 Å². The van der Waals surface area contributed by atoms with E-state index in [4.69, 9.17) is 0 Å². The Morgan fingerprint density at radius 3 is 2.11 bits per heavy atom. The maximum absolute atomic E-state index is 11.6. The molecule has 1 rings (SSSR count). The second-order valence-corrected chi connectivity index (χ2v) is 5.38. The normalized spacial score (nSPS) is 18.2. The van der Waals surface area contributed by atoms with Crippen molar-refractivity contribution in [3.8, 4) is 0 Å². The number of ketones is 2. The van der Waals surface area contributed by atoms with Crippen molar-refractivity contribution in [1.29, 1.82) is 0 Å². The van der Waals surface area contributed by atoms with E-state index in [0.717, 1.165) is 32.7 Å². The number of hydrogen-bond acceptors (Lipinski definition) is 4. The Bertz CT molecular complexity index is 282. The zero-order valence-corrected chi connectivity index (χ0v) is 11.9. The Hall–Kier alpha value is -0.740. The summed E-state index contributed by atoms with van der Waals surface area (Å²) in [5, 5.41) is 0. The fraction of sp³-hybridized carbons (Fsp3) is 0.857. The van der Waals surface area contributed by atoms with Crippen LogP contribution in [0, 0.1) is 5.92 Å². The number of Topliss-reactive ketones (excluding diaryl/α,β-unsaturated/α-hetero) is 2. The molecule has 0 aliphatic carbocycles. The molecular weight excluding hydrogens is 228 g/mol. The number of rotatable bonds is 7. The van der Waals surface area contributed by atoms with Gasteiger partial charge in [0.1, 0.15) is 11.6 Å². The number of hydrogen-bond donors (Lipinski definition) is 0. The summed E-state index contributed by atoms with van der Waals surface area (Å²) in [6.45, 7) is 11.1. The topological polar surface area (TPSA) is 40.6 Å². The van der Waals surface area contributed by atoms with Crippen LogP contribution in [0.4, 0.5) is 0 Å². The fourth-order valence-electron chi connectivity index (χ4n) is 2.03. The van der Waals surface area contributed by atoms with Gasteiger partial charge in [-0.3, -0.25) is 14.5 Å². The van der Waals surface area contributed by atoms with Gasteiger partial charge in [0.2, 0.25) is 0 Å². The van der Waals surface area contributed by atoms with Crippen LogP contribution in [-0.4, -0.2) is 60.6 Å². The minimum absolute atomic E-state index is 0.130. The van der Waals surface area contributed by atoms with Gasteiger partial charge in [-0.2, -0.15) is 0 Å². The van der Waals surface area contributed by atoms with Crippen molar-refractivity contribution in [1.82, 2.24) is 9.80 Å². The average molecular weight is 254 g/mol. The van der Waals surface area contributed by atoms with E-state index < -0.39 is 0 Å². The molecule has 0 atom stereocenters. The lowest BCUT2D eigenvalue weighted by Crippen LogP contribution is -2.48. The molecule has 1 saturated heterocycles. The fourth-order valence-corrected chi connectivity index (χ4v) is 2.03. The van der Waals surface area contributed by atoms with Crippen molar-refractivity contribution >= 4 is 11.6 Å². The summed E-state index contributed by atoms with van der Waals surface area (Å²) < 4.78 is 0. The Morgan fingerprint density at radius 2 is 1.61 bits per heavy atom. The van der Waals surface area contributed by atoms with Gasteiger partial charge in [-0.1, -0.05) is 20.8 Å². The largest absolute Gasteiger partial charge is 0.300 e. The maximum atomic E-state index is 11.6. The molecular formula is C14H26N2O2. The Morgan fingerprint density at radius 1 is 1.06 bits per heavy atom. The van der Waals surface area contributed by atoms with Crippen molar-refractivity contribution in [2.45, 2.75) is 33.6 Å². The molecule has 0 N–H and O–H groups in total. The Kier molecular flexibility index (Phi) is 6.50. The highest BCUT2D eigenvalue weighted by atomic mass is 16.1. The number of piperazine rings is 1. The molecule has 0 aromatic heterocycles. The molecule has 1 aliphatic rings. The summed E-state index contributed by atoms with van der Waals surface area (Å²) in [6.07, 6.45) is 1.31. The molecule has 0 unspecified atom stereocenters. The van der Waals surface area contributed by atoms with Gasteiger partial charge in [0.15, 0.2) is 0 Å². The monoisotopic (exact) mass is 254 g/mol. The number of nitrogens with zero attached hydrogens (tertiary/aromatic N) is 2. The molecule has 1 aliphatic heterocycles. The average Bonchev–Trinajstić information content (AvgIpc) is 2.37. The van der Waals surface area contributed by atoms with Gasteiger partial charge in [0.05, 0.1) is 6.54 Å². The van der Waals surface area contributed by atoms with E-state index in [1.54, 1.807) is 0 Å². The lowest BCUT2D eigenvalue weighted by Gasteiger charge is -2.34. The molecule has 0 radical (unpaired) electrons. The molecule has 0 saturated carbocycles.